The van der Waals surface area contributed by atoms with Crippen molar-refractivity contribution >= 4 is 18.0 Å². The van der Waals surface area contributed by atoms with Gasteiger partial charge in [0, 0.05) is 19.5 Å². The maximum absolute atomic E-state index is 13.1. The minimum Gasteiger partial charge on any atom is -0.480 e. The van der Waals surface area contributed by atoms with Gasteiger partial charge in [0.2, 0.25) is 5.91 Å². The first-order chi connectivity index (χ1) is 15.9. The Bertz CT molecular complexity index is 1020. The molecule has 7 heteroatoms. The van der Waals surface area contributed by atoms with Crippen molar-refractivity contribution in [3.05, 3.63) is 59.7 Å². The first kappa shape index (κ1) is 22.8. The van der Waals surface area contributed by atoms with E-state index in [1.165, 1.54) is 11.9 Å². The Balaban J connectivity index is 1.38. The van der Waals surface area contributed by atoms with Crippen molar-refractivity contribution < 1.29 is 24.2 Å². The molecule has 2 aliphatic rings. The van der Waals surface area contributed by atoms with E-state index in [1.54, 1.807) is 6.92 Å². The molecular weight excluding hydrogens is 420 g/mol. The summed E-state index contributed by atoms with van der Waals surface area (Å²) in [5, 5.41) is 12.2. The Hall–Kier alpha value is -3.35. The zero-order chi connectivity index (χ0) is 23.6. The van der Waals surface area contributed by atoms with E-state index in [2.05, 4.69) is 29.6 Å². The number of benzene rings is 2. The van der Waals surface area contributed by atoms with E-state index in [-0.39, 0.29) is 25.0 Å². The molecule has 2 aromatic carbocycles. The molecule has 0 aromatic heterocycles. The number of nitrogens with zero attached hydrogens (tertiary/aromatic N) is 1. The van der Waals surface area contributed by atoms with Gasteiger partial charge in [-0.1, -0.05) is 61.9 Å². The van der Waals surface area contributed by atoms with Crippen LogP contribution in [-0.4, -0.2) is 54.2 Å². The molecule has 2 aromatic rings. The number of amides is 2. The van der Waals surface area contributed by atoms with Crippen molar-refractivity contribution in [2.75, 3.05) is 20.2 Å². The summed E-state index contributed by atoms with van der Waals surface area (Å²) < 4.78 is 5.58. The summed E-state index contributed by atoms with van der Waals surface area (Å²) in [5.41, 5.74) is 3.83. The molecule has 0 heterocycles. The molecule has 33 heavy (non-hydrogen) atoms. The molecule has 0 bridgehead atoms. The van der Waals surface area contributed by atoms with Gasteiger partial charge in [-0.3, -0.25) is 4.79 Å². The molecular formula is C26H30N2O5. The molecule has 0 spiro atoms. The molecule has 2 N–H and O–H groups in total. The topological polar surface area (TPSA) is 95.9 Å². The molecule has 0 aliphatic heterocycles. The molecule has 2 amide bonds. The van der Waals surface area contributed by atoms with Crippen LogP contribution in [0.1, 0.15) is 49.7 Å². The predicted octanol–water partition coefficient (Wildman–Crippen LogP) is 4.02. The Morgan fingerprint density at radius 2 is 1.67 bits per heavy atom. The molecule has 7 nitrogen and oxygen atoms in total. The minimum atomic E-state index is -1.02. The molecule has 0 radical (unpaired) electrons. The lowest BCUT2D eigenvalue weighted by molar-refractivity contribution is -0.157. The maximum Gasteiger partial charge on any atom is 0.407 e. The van der Waals surface area contributed by atoms with Gasteiger partial charge in [-0.25, -0.2) is 9.59 Å². The molecule has 2 aliphatic carbocycles. The second-order valence-corrected chi connectivity index (χ2v) is 8.99. The van der Waals surface area contributed by atoms with Gasteiger partial charge in [0.05, 0.1) is 5.41 Å². The summed E-state index contributed by atoms with van der Waals surface area (Å²) in [6.45, 7) is 2.09. The van der Waals surface area contributed by atoms with Crippen LogP contribution < -0.4 is 5.32 Å². The molecule has 174 valence electrons. The van der Waals surface area contributed by atoms with Crippen LogP contribution in [0.5, 0.6) is 0 Å². The number of rotatable bonds is 8. The highest BCUT2D eigenvalue weighted by atomic mass is 16.5. The van der Waals surface area contributed by atoms with Crippen LogP contribution in [0.15, 0.2) is 48.5 Å². The van der Waals surface area contributed by atoms with E-state index in [0.717, 1.165) is 28.7 Å². The van der Waals surface area contributed by atoms with E-state index >= 15 is 0 Å². The maximum atomic E-state index is 13.1. The predicted molar refractivity (Wildman–Crippen MR) is 124 cm³/mol. The second kappa shape index (κ2) is 9.25. The third-order valence-electron chi connectivity index (χ3n) is 7.14. The number of carbonyl (C=O) groups excluding carboxylic acids is 2. The van der Waals surface area contributed by atoms with Crippen LogP contribution in [0, 0.1) is 5.41 Å². The third kappa shape index (κ3) is 4.19. The number of aliphatic carboxylic acids is 1. The van der Waals surface area contributed by atoms with Gasteiger partial charge in [-0.2, -0.15) is 0 Å². The Morgan fingerprint density at radius 3 is 2.15 bits per heavy atom. The van der Waals surface area contributed by atoms with Crippen molar-refractivity contribution in [2.24, 2.45) is 5.41 Å². The number of alkyl carbamates (subject to hydrolysis) is 1. The number of hydrogen-bond acceptors (Lipinski definition) is 4. The standard InChI is InChI=1S/C26H30N2O5/c1-3-22(23(29)30)28(2)24(31)26(13-8-14-26)16-27-25(32)33-15-21-19-11-6-4-9-17(19)18-10-5-7-12-20(18)21/h4-7,9-12,21-22H,3,8,13-16H2,1-2H3,(H,27,32)(H,29,30). The molecule has 4 rings (SSSR count). The quantitative estimate of drug-likeness (QED) is 0.633. The van der Waals surface area contributed by atoms with Crippen LogP contribution in [0.2, 0.25) is 0 Å². The van der Waals surface area contributed by atoms with Gasteiger partial charge in [-0.15, -0.1) is 0 Å². The molecule has 1 fully saturated rings. The van der Waals surface area contributed by atoms with Crippen molar-refractivity contribution in [2.45, 2.75) is 44.6 Å². The Kier molecular flexibility index (Phi) is 6.40. The van der Waals surface area contributed by atoms with E-state index < -0.39 is 23.5 Å². The lowest BCUT2D eigenvalue weighted by atomic mass is 9.67. The van der Waals surface area contributed by atoms with Crippen molar-refractivity contribution in [3.8, 4) is 11.1 Å². The number of likely N-dealkylation sites (N-methyl/N-ethyl adjacent to an activating group) is 1. The van der Waals surface area contributed by atoms with Crippen molar-refractivity contribution in [3.63, 3.8) is 0 Å². The summed E-state index contributed by atoms with van der Waals surface area (Å²) in [5.74, 6) is -1.29. The van der Waals surface area contributed by atoms with Gasteiger partial charge in [0.1, 0.15) is 12.6 Å². The minimum absolute atomic E-state index is 0.0329. The fourth-order valence-corrected chi connectivity index (χ4v) is 5.09. The average Bonchev–Trinajstić information content (AvgIpc) is 3.10. The zero-order valence-corrected chi connectivity index (χ0v) is 19.0. The van der Waals surface area contributed by atoms with Crippen molar-refractivity contribution in [1.82, 2.24) is 10.2 Å². The molecule has 1 atom stereocenters. The first-order valence-corrected chi connectivity index (χ1v) is 11.5. The van der Waals surface area contributed by atoms with Gasteiger partial charge >= 0.3 is 12.1 Å². The number of ether oxygens (including phenoxy) is 1. The summed E-state index contributed by atoms with van der Waals surface area (Å²) in [4.78, 5) is 38.4. The van der Waals surface area contributed by atoms with E-state index in [0.29, 0.717) is 19.3 Å². The second-order valence-electron chi connectivity index (χ2n) is 8.99. The summed E-state index contributed by atoms with van der Waals surface area (Å²) in [7, 11) is 1.53. The lowest BCUT2D eigenvalue weighted by Crippen LogP contribution is -2.56. The van der Waals surface area contributed by atoms with Crippen LogP contribution >= 0.6 is 0 Å². The fraction of sp³-hybridized carbons (Fsp3) is 0.423. The van der Waals surface area contributed by atoms with Crippen LogP contribution in [0.4, 0.5) is 4.79 Å². The van der Waals surface area contributed by atoms with Gasteiger partial charge in [0.15, 0.2) is 0 Å². The largest absolute Gasteiger partial charge is 0.480 e. The van der Waals surface area contributed by atoms with Crippen LogP contribution in [-0.2, 0) is 14.3 Å². The smallest absolute Gasteiger partial charge is 0.407 e. The fourth-order valence-electron chi connectivity index (χ4n) is 5.09. The Morgan fingerprint density at radius 1 is 1.09 bits per heavy atom. The molecule has 1 saturated carbocycles. The van der Waals surface area contributed by atoms with Crippen LogP contribution in [0.25, 0.3) is 11.1 Å². The zero-order valence-electron chi connectivity index (χ0n) is 19.0. The number of carboxylic acid groups (broad SMARTS) is 1. The van der Waals surface area contributed by atoms with Gasteiger partial charge in [-0.05, 0) is 41.5 Å². The van der Waals surface area contributed by atoms with Gasteiger partial charge in [0.25, 0.3) is 0 Å². The number of hydrogen-bond donors (Lipinski definition) is 2. The highest BCUT2D eigenvalue weighted by Crippen LogP contribution is 2.45. The summed E-state index contributed by atoms with van der Waals surface area (Å²) in [6, 6.07) is 15.4. The van der Waals surface area contributed by atoms with E-state index in [1.807, 2.05) is 24.3 Å². The lowest BCUT2D eigenvalue weighted by Gasteiger charge is -2.43. The SMILES string of the molecule is CCC(C(=O)O)N(C)C(=O)C1(CNC(=O)OCC2c3ccccc3-c3ccccc32)CCC1. The van der Waals surface area contributed by atoms with Crippen molar-refractivity contribution in [1.29, 1.82) is 0 Å². The van der Waals surface area contributed by atoms with E-state index in [4.69, 9.17) is 4.74 Å². The first-order valence-electron chi connectivity index (χ1n) is 11.5. The highest BCUT2D eigenvalue weighted by molar-refractivity contribution is 5.88. The number of fused-ring (bicyclic) bond motifs is 3. The van der Waals surface area contributed by atoms with Crippen LogP contribution in [0.3, 0.4) is 0 Å². The normalized spacial score (nSPS) is 16.7. The summed E-state index contributed by atoms with van der Waals surface area (Å²) in [6.07, 6.45) is 1.87. The number of carboxylic acids is 1. The number of carbonyl (C=O) groups is 3. The molecule has 0 saturated heterocycles. The number of nitrogens with one attached hydrogen (secondary N) is 1. The highest BCUT2D eigenvalue weighted by Gasteiger charge is 2.47. The van der Waals surface area contributed by atoms with Gasteiger partial charge < -0.3 is 20.1 Å². The monoisotopic (exact) mass is 450 g/mol. The average molecular weight is 451 g/mol. The molecule has 1 unspecified atom stereocenters. The summed E-state index contributed by atoms with van der Waals surface area (Å²) >= 11 is 0. The Labute approximate surface area is 193 Å². The van der Waals surface area contributed by atoms with E-state index in [9.17, 15) is 19.5 Å². The third-order valence-corrected chi connectivity index (χ3v) is 7.14.